The van der Waals surface area contributed by atoms with E-state index in [4.69, 9.17) is 0 Å². The molecule has 0 fully saturated rings. The third-order valence-corrected chi connectivity index (χ3v) is 3.09. The lowest BCUT2D eigenvalue weighted by atomic mass is 9.94. The Morgan fingerprint density at radius 1 is 0.824 bits per heavy atom. The molecule has 0 heteroatoms. The highest BCUT2D eigenvalue weighted by molar-refractivity contribution is 5.23. The van der Waals surface area contributed by atoms with Crippen molar-refractivity contribution in [3.05, 3.63) is 71.3 Å². The van der Waals surface area contributed by atoms with Crippen molar-refractivity contribution in [3.63, 3.8) is 0 Å². The Kier molecular flexibility index (Phi) is 3.98. The van der Waals surface area contributed by atoms with E-state index < -0.39 is 0 Å². The van der Waals surface area contributed by atoms with Crippen LogP contribution in [0.4, 0.5) is 0 Å². The minimum absolute atomic E-state index is 0.694. The zero-order valence-corrected chi connectivity index (χ0v) is 10.7. The molecule has 0 heterocycles. The third kappa shape index (κ3) is 3.74. The Hall–Kier alpha value is -1.56. The Balaban J connectivity index is 1.96. The van der Waals surface area contributed by atoms with Crippen LogP contribution in [0.25, 0.3) is 0 Å². The van der Waals surface area contributed by atoms with Gasteiger partial charge >= 0.3 is 0 Å². The molecule has 0 saturated carbocycles. The van der Waals surface area contributed by atoms with Gasteiger partial charge in [-0.25, -0.2) is 0 Å². The maximum atomic E-state index is 2.33. The molecule has 2 aromatic rings. The molecule has 0 saturated heterocycles. The fraction of sp³-hybridized carbons (Fsp3) is 0.294. The van der Waals surface area contributed by atoms with E-state index in [1.165, 1.54) is 16.7 Å². The van der Waals surface area contributed by atoms with Gasteiger partial charge in [-0.2, -0.15) is 0 Å². The van der Waals surface area contributed by atoms with E-state index in [1.807, 2.05) is 0 Å². The second-order valence-electron chi connectivity index (χ2n) is 4.99. The molecule has 1 unspecified atom stereocenters. The largest absolute Gasteiger partial charge is 0.0622 e. The van der Waals surface area contributed by atoms with Crippen LogP contribution in [-0.4, -0.2) is 0 Å². The van der Waals surface area contributed by atoms with Gasteiger partial charge in [0.2, 0.25) is 0 Å². The van der Waals surface area contributed by atoms with Crippen LogP contribution >= 0.6 is 0 Å². The maximum absolute atomic E-state index is 2.33. The van der Waals surface area contributed by atoms with Crippen LogP contribution in [0.15, 0.2) is 54.6 Å². The lowest BCUT2D eigenvalue weighted by Crippen LogP contribution is -2.03. The van der Waals surface area contributed by atoms with Gasteiger partial charge in [0.15, 0.2) is 0 Å². The molecule has 0 aliphatic rings. The summed E-state index contributed by atoms with van der Waals surface area (Å²) in [6.45, 7) is 4.49. The lowest BCUT2D eigenvalue weighted by Gasteiger charge is -2.12. The quantitative estimate of drug-likeness (QED) is 0.721. The highest BCUT2D eigenvalue weighted by Crippen LogP contribution is 2.15. The normalized spacial score (nSPS) is 12.4. The summed E-state index contributed by atoms with van der Waals surface area (Å²) in [5, 5.41) is 0. The highest BCUT2D eigenvalue weighted by Gasteiger charge is 2.04. The number of hydrogen-bond donors (Lipinski definition) is 0. The van der Waals surface area contributed by atoms with Gasteiger partial charge in [-0.05, 0) is 36.8 Å². The Labute approximate surface area is 104 Å². The van der Waals surface area contributed by atoms with Crippen molar-refractivity contribution in [1.29, 1.82) is 0 Å². The fourth-order valence-corrected chi connectivity index (χ4v) is 2.33. The van der Waals surface area contributed by atoms with Gasteiger partial charge in [0.05, 0.1) is 0 Å². The summed E-state index contributed by atoms with van der Waals surface area (Å²) < 4.78 is 0. The van der Waals surface area contributed by atoms with Gasteiger partial charge in [0.25, 0.3) is 0 Å². The molecule has 0 N–H and O–H groups in total. The van der Waals surface area contributed by atoms with E-state index in [1.54, 1.807) is 0 Å². The molecule has 0 aliphatic carbocycles. The average molecular weight is 224 g/mol. The maximum Gasteiger partial charge on any atom is -0.0250 e. The van der Waals surface area contributed by atoms with Crippen LogP contribution in [0.5, 0.6) is 0 Å². The van der Waals surface area contributed by atoms with Gasteiger partial charge < -0.3 is 0 Å². The van der Waals surface area contributed by atoms with E-state index >= 15 is 0 Å². The summed E-state index contributed by atoms with van der Waals surface area (Å²) >= 11 is 0. The molecule has 0 radical (unpaired) electrons. The average Bonchev–Trinajstić information content (AvgIpc) is 2.30. The van der Waals surface area contributed by atoms with Gasteiger partial charge in [-0.1, -0.05) is 67.1 Å². The molecule has 0 nitrogen and oxygen atoms in total. The van der Waals surface area contributed by atoms with Crippen LogP contribution in [0.2, 0.25) is 0 Å². The van der Waals surface area contributed by atoms with E-state index in [9.17, 15) is 0 Å². The van der Waals surface area contributed by atoms with Crippen molar-refractivity contribution in [3.8, 4) is 0 Å². The molecule has 17 heavy (non-hydrogen) atoms. The second-order valence-corrected chi connectivity index (χ2v) is 4.99. The first kappa shape index (κ1) is 11.9. The number of rotatable bonds is 4. The smallest absolute Gasteiger partial charge is 0.0250 e. The molecule has 0 spiro atoms. The van der Waals surface area contributed by atoms with Gasteiger partial charge in [-0.3, -0.25) is 0 Å². The summed E-state index contributed by atoms with van der Waals surface area (Å²) in [5.74, 6) is 0.694. The van der Waals surface area contributed by atoms with E-state index in [-0.39, 0.29) is 0 Å². The van der Waals surface area contributed by atoms with Crippen LogP contribution in [-0.2, 0) is 12.8 Å². The fourth-order valence-electron chi connectivity index (χ4n) is 2.33. The van der Waals surface area contributed by atoms with Crippen molar-refractivity contribution < 1.29 is 0 Å². The SMILES string of the molecule is Cc1cccc(CC(C)Cc2ccccc2)c1. The molecular weight excluding hydrogens is 204 g/mol. The van der Waals surface area contributed by atoms with Gasteiger partial charge in [0.1, 0.15) is 0 Å². The minimum Gasteiger partial charge on any atom is -0.0622 e. The van der Waals surface area contributed by atoms with E-state index in [0.717, 1.165) is 12.8 Å². The van der Waals surface area contributed by atoms with Gasteiger partial charge in [-0.15, -0.1) is 0 Å². The third-order valence-electron chi connectivity index (χ3n) is 3.09. The first-order valence-corrected chi connectivity index (χ1v) is 6.33. The molecule has 0 amide bonds. The number of benzene rings is 2. The van der Waals surface area contributed by atoms with Crippen molar-refractivity contribution in [2.45, 2.75) is 26.7 Å². The van der Waals surface area contributed by atoms with Crippen LogP contribution in [0.1, 0.15) is 23.6 Å². The zero-order valence-electron chi connectivity index (χ0n) is 10.7. The first-order chi connectivity index (χ1) is 8.24. The van der Waals surface area contributed by atoms with E-state index in [0.29, 0.717) is 5.92 Å². The molecule has 2 rings (SSSR count). The Morgan fingerprint density at radius 2 is 1.47 bits per heavy atom. The second kappa shape index (κ2) is 5.67. The summed E-state index contributed by atoms with van der Waals surface area (Å²) in [6.07, 6.45) is 2.32. The van der Waals surface area contributed by atoms with Crippen LogP contribution in [0.3, 0.4) is 0 Å². The molecule has 0 bridgehead atoms. The standard InChI is InChI=1S/C17H20/c1-14-7-6-10-17(11-14)13-15(2)12-16-8-4-3-5-9-16/h3-11,15H,12-13H2,1-2H3. The molecular formula is C17H20. The highest BCUT2D eigenvalue weighted by atomic mass is 14.1. The number of hydrogen-bond acceptors (Lipinski definition) is 0. The van der Waals surface area contributed by atoms with Gasteiger partial charge in [0, 0.05) is 0 Å². The van der Waals surface area contributed by atoms with Crippen molar-refractivity contribution in [2.24, 2.45) is 5.92 Å². The van der Waals surface area contributed by atoms with Crippen LogP contribution < -0.4 is 0 Å². The monoisotopic (exact) mass is 224 g/mol. The van der Waals surface area contributed by atoms with Crippen molar-refractivity contribution >= 4 is 0 Å². The Morgan fingerprint density at radius 3 is 2.18 bits per heavy atom. The predicted molar refractivity (Wildman–Crippen MR) is 74.2 cm³/mol. The van der Waals surface area contributed by atoms with Crippen molar-refractivity contribution in [1.82, 2.24) is 0 Å². The first-order valence-electron chi connectivity index (χ1n) is 6.33. The van der Waals surface area contributed by atoms with Crippen molar-refractivity contribution in [2.75, 3.05) is 0 Å². The molecule has 2 aromatic carbocycles. The lowest BCUT2D eigenvalue weighted by molar-refractivity contribution is 0.577. The minimum atomic E-state index is 0.694. The molecule has 0 aliphatic heterocycles. The summed E-state index contributed by atoms with van der Waals surface area (Å²) in [5.41, 5.74) is 4.25. The van der Waals surface area contributed by atoms with Crippen LogP contribution in [0, 0.1) is 12.8 Å². The molecule has 1 atom stereocenters. The topological polar surface area (TPSA) is 0 Å². The zero-order chi connectivity index (χ0) is 12.1. The summed E-state index contributed by atoms with van der Waals surface area (Å²) in [4.78, 5) is 0. The number of aryl methyl sites for hydroxylation is 1. The Bertz CT molecular complexity index is 456. The van der Waals surface area contributed by atoms with E-state index in [2.05, 4.69) is 68.4 Å². The summed E-state index contributed by atoms with van der Waals surface area (Å²) in [7, 11) is 0. The summed E-state index contributed by atoms with van der Waals surface area (Å²) in [6, 6.07) is 19.6. The predicted octanol–water partition coefficient (Wildman–Crippen LogP) is 4.42. The molecule has 0 aromatic heterocycles. The molecule has 88 valence electrons.